The molecular formula is C12H11NO. The summed E-state index contributed by atoms with van der Waals surface area (Å²) in [6, 6.07) is 7.70. The number of aromatic nitrogens is 1. The van der Waals surface area contributed by atoms with Gasteiger partial charge in [0.15, 0.2) is 0 Å². The second-order valence-corrected chi connectivity index (χ2v) is 3.34. The van der Waals surface area contributed by atoms with Crippen LogP contribution in [0.25, 0.3) is 24.1 Å². The maximum Gasteiger partial charge on any atom is 0.258 e. The molecule has 14 heavy (non-hydrogen) atoms. The molecule has 0 fully saturated rings. The molecule has 0 bridgehead atoms. The molecule has 0 unspecified atom stereocenters. The first kappa shape index (κ1) is 8.75. The van der Waals surface area contributed by atoms with Gasteiger partial charge in [0.25, 0.3) is 5.56 Å². The maximum absolute atomic E-state index is 11.7. The Bertz CT molecular complexity index is 652. The van der Waals surface area contributed by atoms with E-state index in [0.29, 0.717) is 5.22 Å². The predicted octanol–water partition coefficient (Wildman–Crippen LogP) is 0.359. The summed E-state index contributed by atoms with van der Waals surface area (Å²) in [5, 5.41) is 2.19. The number of fused-ring (bicyclic) bond motifs is 1. The Morgan fingerprint density at radius 2 is 1.79 bits per heavy atom. The van der Waals surface area contributed by atoms with E-state index in [1.54, 1.807) is 11.6 Å². The average Bonchev–Trinajstić information content (AvgIpc) is 2.23. The van der Waals surface area contributed by atoms with Gasteiger partial charge < -0.3 is 4.57 Å². The number of hydrogen-bond acceptors (Lipinski definition) is 1. The smallest absolute Gasteiger partial charge is 0.258 e. The highest BCUT2D eigenvalue weighted by Gasteiger charge is 2.00. The van der Waals surface area contributed by atoms with Crippen molar-refractivity contribution in [2.75, 3.05) is 0 Å². The fraction of sp³-hybridized carbons (Fsp3) is 0.0833. The Hall–Kier alpha value is -1.83. The van der Waals surface area contributed by atoms with Crippen molar-refractivity contribution in [1.82, 2.24) is 4.57 Å². The molecule has 1 aromatic heterocycles. The van der Waals surface area contributed by atoms with E-state index in [2.05, 4.69) is 13.2 Å². The van der Waals surface area contributed by atoms with E-state index < -0.39 is 0 Å². The molecule has 0 saturated heterocycles. The number of para-hydroxylation sites is 1. The molecule has 0 radical (unpaired) electrons. The molecule has 0 aliphatic carbocycles. The van der Waals surface area contributed by atoms with Gasteiger partial charge in [0.2, 0.25) is 0 Å². The monoisotopic (exact) mass is 185 g/mol. The SMILES string of the molecule is C=c1c(=C)c2ccccc2n(C)c1=O. The number of hydrogen-bond donors (Lipinski definition) is 0. The first-order valence-corrected chi connectivity index (χ1v) is 4.38. The lowest BCUT2D eigenvalue weighted by Crippen LogP contribution is -2.42. The third-order valence-electron chi connectivity index (χ3n) is 2.52. The zero-order valence-corrected chi connectivity index (χ0v) is 8.08. The minimum atomic E-state index is -0.0753. The molecular weight excluding hydrogens is 174 g/mol. The molecule has 2 aromatic rings. The van der Waals surface area contributed by atoms with Crippen LogP contribution in [0.5, 0.6) is 0 Å². The van der Waals surface area contributed by atoms with E-state index >= 15 is 0 Å². The highest BCUT2D eigenvalue weighted by atomic mass is 16.1. The van der Waals surface area contributed by atoms with Crippen LogP contribution >= 0.6 is 0 Å². The van der Waals surface area contributed by atoms with Gasteiger partial charge >= 0.3 is 0 Å². The summed E-state index contributed by atoms with van der Waals surface area (Å²) >= 11 is 0. The topological polar surface area (TPSA) is 22.0 Å². The van der Waals surface area contributed by atoms with Crippen molar-refractivity contribution in [3.05, 3.63) is 45.1 Å². The molecule has 0 aliphatic rings. The van der Waals surface area contributed by atoms with Crippen LogP contribution in [-0.4, -0.2) is 4.57 Å². The predicted molar refractivity (Wildman–Crippen MR) is 59.5 cm³/mol. The summed E-state index contributed by atoms with van der Waals surface area (Å²) in [7, 11) is 1.75. The van der Waals surface area contributed by atoms with E-state index in [1.807, 2.05) is 24.3 Å². The van der Waals surface area contributed by atoms with E-state index in [4.69, 9.17) is 0 Å². The van der Waals surface area contributed by atoms with Crippen molar-refractivity contribution in [1.29, 1.82) is 0 Å². The van der Waals surface area contributed by atoms with Gasteiger partial charge in [-0.3, -0.25) is 4.79 Å². The fourth-order valence-electron chi connectivity index (χ4n) is 1.62. The summed E-state index contributed by atoms with van der Waals surface area (Å²) in [5.74, 6) is 0. The van der Waals surface area contributed by atoms with Gasteiger partial charge in [-0.1, -0.05) is 31.4 Å². The molecule has 0 spiro atoms. The first-order valence-electron chi connectivity index (χ1n) is 4.38. The third-order valence-corrected chi connectivity index (χ3v) is 2.52. The van der Waals surface area contributed by atoms with Crippen molar-refractivity contribution < 1.29 is 0 Å². The lowest BCUT2D eigenvalue weighted by Gasteiger charge is -2.04. The highest BCUT2D eigenvalue weighted by molar-refractivity contribution is 5.79. The van der Waals surface area contributed by atoms with Crippen LogP contribution in [0.15, 0.2) is 29.1 Å². The normalized spacial score (nSPS) is 10.6. The van der Waals surface area contributed by atoms with Crippen molar-refractivity contribution in [2.45, 2.75) is 0 Å². The Morgan fingerprint density at radius 1 is 1.14 bits per heavy atom. The third kappa shape index (κ3) is 1.01. The largest absolute Gasteiger partial charge is 0.311 e. The van der Waals surface area contributed by atoms with E-state index in [9.17, 15) is 4.79 Å². The summed E-state index contributed by atoms with van der Waals surface area (Å²) in [4.78, 5) is 11.7. The maximum atomic E-state index is 11.7. The number of rotatable bonds is 0. The van der Waals surface area contributed by atoms with Gasteiger partial charge in [0, 0.05) is 17.7 Å². The standard InChI is InChI=1S/C12H11NO/c1-8-9(2)12(14)13(3)11-7-5-4-6-10(8)11/h4-7H,1-2H2,3H3. The van der Waals surface area contributed by atoms with Gasteiger partial charge in [-0.15, -0.1) is 0 Å². The number of nitrogens with zero attached hydrogens (tertiary/aromatic N) is 1. The first-order chi connectivity index (χ1) is 6.63. The molecule has 1 aromatic carbocycles. The Balaban J connectivity index is 3.28. The average molecular weight is 185 g/mol. The van der Waals surface area contributed by atoms with Gasteiger partial charge in [0.05, 0.1) is 5.52 Å². The Kier molecular flexibility index (Phi) is 1.78. The minimum absolute atomic E-state index is 0.0753. The van der Waals surface area contributed by atoms with E-state index in [1.165, 1.54) is 0 Å². The molecule has 1 heterocycles. The molecule has 0 aliphatic heterocycles. The van der Waals surface area contributed by atoms with Crippen molar-refractivity contribution in [3.8, 4) is 0 Å². The van der Waals surface area contributed by atoms with Gasteiger partial charge in [-0.2, -0.15) is 0 Å². The quantitative estimate of drug-likeness (QED) is 0.581. The number of pyridine rings is 1. The van der Waals surface area contributed by atoms with Crippen LogP contribution < -0.4 is 16.0 Å². The lowest BCUT2D eigenvalue weighted by atomic mass is 10.1. The van der Waals surface area contributed by atoms with Crippen molar-refractivity contribution >= 4 is 24.1 Å². The summed E-state index contributed by atoms with van der Waals surface area (Å²) in [6.07, 6.45) is 0. The zero-order chi connectivity index (χ0) is 10.3. The molecule has 0 atom stereocenters. The number of aryl methyl sites for hydroxylation is 1. The lowest BCUT2D eigenvalue weighted by molar-refractivity contribution is 0.894. The van der Waals surface area contributed by atoms with E-state index in [0.717, 1.165) is 16.1 Å². The summed E-state index contributed by atoms with van der Waals surface area (Å²) in [6.45, 7) is 7.61. The van der Waals surface area contributed by atoms with Gasteiger partial charge in [-0.05, 0) is 11.3 Å². The van der Waals surface area contributed by atoms with Gasteiger partial charge in [-0.25, -0.2) is 0 Å². The molecule has 2 heteroatoms. The molecule has 0 amide bonds. The van der Waals surface area contributed by atoms with Crippen LogP contribution in [0.4, 0.5) is 0 Å². The van der Waals surface area contributed by atoms with Crippen LogP contribution in [0, 0.1) is 0 Å². The molecule has 0 N–H and O–H groups in total. The zero-order valence-electron chi connectivity index (χ0n) is 8.08. The highest BCUT2D eigenvalue weighted by Crippen LogP contribution is 2.03. The molecule has 2 nitrogen and oxygen atoms in total. The van der Waals surface area contributed by atoms with Crippen LogP contribution in [0.1, 0.15) is 0 Å². The van der Waals surface area contributed by atoms with Crippen LogP contribution in [0.3, 0.4) is 0 Å². The second-order valence-electron chi connectivity index (χ2n) is 3.34. The van der Waals surface area contributed by atoms with Crippen molar-refractivity contribution in [2.24, 2.45) is 7.05 Å². The minimum Gasteiger partial charge on any atom is -0.311 e. The van der Waals surface area contributed by atoms with Crippen molar-refractivity contribution in [3.63, 3.8) is 0 Å². The summed E-state index contributed by atoms with van der Waals surface area (Å²) in [5.41, 5.74) is 0.823. The van der Waals surface area contributed by atoms with Gasteiger partial charge in [0.1, 0.15) is 0 Å². The van der Waals surface area contributed by atoms with Crippen LogP contribution in [0.2, 0.25) is 0 Å². The Morgan fingerprint density at radius 3 is 2.50 bits per heavy atom. The summed E-state index contributed by atoms with van der Waals surface area (Å²) < 4.78 is 1.60. The van der Waals surface area contributed by atoms with E-state index in [-0.39, 0.29) is 5.56 Å². The second kappa shape index (κ2) is 2.84. The Labute approximate surface area is 81.4 Å². The molecule has 0 saturated carbocycles. The molecule has 2 rings (SSSR count). The molecule has 70 valence electrons. The fourth-order valence-corrected chi connectivity index (χ4v) is 1.62. The number of benzene rings is 1. The van der Waals surface area contributed by atoms with Crippen LogP contribution in [-0.2, 0) is 7.05 Å².